The molecule has 0 bridgehead atoms. The lowest BCUT2D eigenvalue weighted by molar-refractivity contribution is -0.120. The van der Waals surface area contributed by atoms with Crippen LogP contribution in [0.25, 0.3) is 0 Å². The first-order valence-corrected chi connectivity index (χ1v) is 8.38. The number of hydrogen-bond acceptors (Lipinski definition) is 3. The van der Waals surface area contributed by atoms with Gasteiger partial charge in [-0.15, -0.1) is 12.4 Å². The van der Waals surface area contributed by atoms with Gasteiger partial charge in [-0.2, -0.15) is 0 Å². The van der Waals surface area contributed by atoms with Crippen molar-refractivity contribution in [3.8, 4) is 0 Å². The summed E-state index contributed by atoms with van der Waals surface area (Å²) in [6.45, 7) is 8.48. The van der Waals surface area contributed by atoms with E-state index in [4.69, 9.17) is 0 Å². The fraction of sp³-hybridized carbons (Fsp3) is 0.556. The SMILES string of the molecule is Cc1cc(C(=O)NCC(C)C)ccc1NC(=O)C1CCNCC1.Cl. The molecule has 1 heterocycles. The monoisotopic (exact) mass is 353 g/mol. The van der Waals surface area contributed by atoms with Gasteiger partial charge >= 0.3 is 0 Å². The van der Waals surface area contributed by atoms with Gasteiger partial charge in [0, 0.05) is 23.7 Å². The molecule has 1 fully saturated rings. The summed E-state index contributed by atoms with van der Waals surface area (Å²) in [6.07, 6.45) is 1.75. The summed E-state index contributed by atoms with van der Waals surface area (Å²) in [6, 6.07) is 5.41. The first kappa shape index (κ1) is 20.5. The highest BCUT2D eigenvalue weighted by molar-refractivity contribution is 5.97. The van der Waals surface area contributed by atoms with Gasteiger partial charge in [0.05, 0.1) is 0 Å². The number of anilines is 1. The molecule has 1 aliphatic rings. The van der Waals surface area contributed by atoms with Crippen LogP contribution in [0.4, 0.5) is 5.69 Å². The molecule has 6 heteroatoms. The van der Waals surface area contributed by atoms with Crippen LogP contribution in [-0.4, -0.2) is 31.4 Å². The van der Waals surface area contributed by atoms with E-state index in [1.165, 1.54) is 0 Å². The Balaban J connectivity index is 0.00000288. The zero-order valence-electron chi connectivity index (χ0n) is 14.6. The Morgan fingerprint density at radius 1 is 1.25 bits per heavy atom. The van der Waals surface area contributed by atoms with Crippen molar-refractivity contribution in [1.82, 2.24) is 10.6 Å². The van der Waals surface area contributed by atoms with Crippen LogP contribution >= 0.6 is 12.4 Å². The van der Waals surface area contributed by atoms with Crippen molar-refractivity contribution in [2.24, 2.45) is 11.8 Å². The van der Waals surface area contributed by atoms with Crippen molar-refractivity contribution >= 4 is 29.9 Å². The second kappa shape index (κ2) is 9.64. The van der Waals surface area contributed by atoms with Gasteiger partial charge in [-0.3, -0.25) is 9.59 Å². The summed E-state index contributed by atoms with van der Waals surface area (Å²) >= 11 is 0. The molecule has 1 aromatic carbocycles. The average Bonchev–Trinajstić information content (AvgIpc) is 2.55. The van der Waals surface area contributed by atoms with Crippen molar-refractivity contribution in [2.75, 3.05) is 25.0 Å². The van der Waals surface area contributed by atoms with Crippen molar-refractivity contribution < 1.29 is 9.59 Å². The number of rotatable bonds is 5. The molecule has 1 saturated heterocycles. The van der Waals surface area contributed by atoms with Crippen molar-refractivity contribution in [2.45, 2.75) is 33.6 Å². The van der Waals surface area contributed by atoms with Gasteiger partial charge in [-0.05, 0) is 62.5 Å². The Labute approximate surface area is 150 Å². The zero-order valence-corrected chi connectivity index (χ0v) is 15.5. The third kappa shape index (κ3) is 5.80. The van der Waals surface area contributed by atoms with E-state index in [0.717, 1.165) is 37.2 Å². The van der Waals surface area contributed by atoms with Gasteiger partial charge in [0.15, 0.2) is 0 Å². The van der Waals surface area contributed by atoms with Gasteiger partial charge in [0.1, 0.15) is 0 Å². The van der Waals surface area contributed by atoms with Gasteiger partial charge < -0.3 is 16.0 Å². The normalized spacial score (nSPS) is 14.8. The molecule has 1 aromatic rings. The Hall–Kier alpha value is -1.59. The summed E-state index contributed by atoms with van der Waals surface area (Å²) < 4.78 is 0. The molecule has 134 valence electrons. The highest BCUT2D eigenvalue weighted by Gasteiger charge is 2.21. The number of carbonyl (C=O) groups excluding carboxylic acids is 2. The standard InChI is InChI=1S/C18H27N3O2.ClH/c1-12(2)11-20-17(22)15-4-5-16(13(3)10-15)21-18(23)14-6-8-19-9-7-14;/h4-5,10,12,14,19H,6-9,11H2,1-3H3,(H,20,22)(H,21,23);1H. The van der Waals surface area contributed by atoms with E-state index >= 15 is 0 Å². The molecule has 0 spiro atoms. The predicted molar refractivity (Wildman–Crippen MR) is 99.8 cm³/mol. The molecule has 0 aliphatic carbocycles. The molecule has 0 radical (unpaired) electrons. The Bertz CT molecular complexity index is 569. The lowest BCUT2D eigenvalue weighted by Gasteiger charge is -2.22. The lowest BCUT2D eigenvalue weighted by Crippen LogP contribution is -2.34. The number of aryl methyl sites for hydroxylation is 1. The quantitative estimate of drug-likeness (QED) is 0.762. The molecule has 2 rings (SSSR count). The van der Waals surface area contributed by atoms with Crippen LogP contribution in [0.1, 0.15) is 42.6 Å². The van der Waals surface area contributed by atoms with Crippen LogP contribution in [0.3, 0.4) is 0 Å². The van der Waals surface area contributed by atoms with E-state index < -0.39 is 0 Å². The molecular formula is C18H28ClN3O2. The smallest absolute Gasteiger partial charge is 0.251 e. The minimum absolute atomic E-state index is 0. The van der Waals surface area contributed by atoms with Crippen LogP contribution in [-0.2, 0) is 4.79 Å². The molecule has 1 aliphatic heterocycles. The summed E-state index contributed by atoms with van der Waals surface area (Å²) in [5, 5.41) is 9.16. The topological polar surface area (TPSA) is 70.2 Å². The number of amides is 2. The number of benzene rings is 1. The van der Waals surface area contributed by atoms with Crippen LogP contribution < -0.4 is 16.0 Å². The number of carbonyl (C=O) groups is 2. The van der Waals surface area contributed by atoms with E-state index in [1.54, 1.807) is 6.07 Å². The molecule has 24 heavy (non-hydrogen) atoms. The highest BCUT2D eigenvalue weighted by atomic mass is 35.5. The third-order valence-corrected chi connectivity index (χ3v) is 4.13. The summed E-state index contributed by atoms with van der Waals surface area (Å²) in [4.78, 5) is 24.4. The predicted octanol–water partition coefficient (Wildman–Crippen LogP) is 2.74. The van der Waals surface area contributed by atoms with Crippen molar-refractivity contribution in [3.05, 3.63) is 29.3 Å². The number of halogens is 1. The van der Waals surface area contributed by atoms with E-state index in [2.05, 4.69) is 29.8 Å². The fourth-order valence-corrected chi connectivity index (χ4v) is 2.66. The molecule has 2 amide bonds. The summed E-state index contributed by atoms with van der Waals surface area (Å²) in [5.74, 6) is 0.498. The third-order valence-electron chi connectivity index (χ3n) is 4.13. The minimum Gasteiger partial charge on any atom is -0.352 e. The molecular weight excluding hydrogens is 326 g/mol. The first-order chi connectivity index (χ1) is 11.0. The van der Waals surface area contributed by atoms with Crippen LogP contribution in [0, 0.1) is 18.8 Å². The molecule has 3 N–H and O–H groups in total. The van der Waals surface area contributed by atoms with Gasteiger partial charge in [0.25, 0.3) is 5.91 Å². The maximum atomic E-state index is 12.3. The summed E-state index contributed by atoms with van der Waals surface area (Å²) in [5.41, 5.74) is 2.32. The van der Waals surface area contributed by atoms with Crippen molar-refractivity contribution in [3.63, 3.8) is 0 Å². The van der Waals surface area contributed by atoms with E-state index in [0.29, 0.717) is 18.0 Å². The second-order valence-corrected chi connectivity index (χ2v) is 6.65. The summed E-state index contributed by atoms with van der Waals surface area (Å²) in [7, 11) is 0. The Kier molecular flexibility index (Phi) is 8.22. The van der Waals surface area contributed by atoms with Gasteiger partial charge in [-0.25, -0.2) is 0 Å². The van der Waals surface area contributed by atoms with E-state index in [-0.39, 0.29) is 30.1 Å². The number of piperidine rings is 1. The molecule has 0 saturated carbocycles. The molecule has 0 unspecified atom stereocenters. The van der Waals surface area contributed by atoms with E-state index in [1.807, 2.05) is 19.1 Å². The fourth-order valence-electron chi connectivity index (χ4n) is 2.66. The van der Waals surface area contributed by atoms with Crippen LogP contribution in [0.15, 0.2) is 18.2 Å². The molecule has 0 aromatic heterocycles. The highest BCUT2D eigenvalue weighted by Crippen LogP contribution is 2.20. The Morgan fingerprint density at radius 3 is 2.50 bits per heavy atom. The minimum atomic E-state index is -0.0713. The lowest BCUT2D eigenvalue weighted by atomic mass is 9.97. The number of hydrogen-bond donors (Lipinski definition) is 3. The number of nitrogens with one attached hydrogen (secondary N) is 3. The zero-order chi connectivity index (χ0) is 16.8. The van der Waals surface area contributed by atoms with E-state index in [9.17, 15) is 9.59 Å². The molecule has 5 nitrogen and oxygen atoms in total. The van der Waals surface area contributed by atoms with Crippen molar-refractivity contribution in [1.29, 1.82) is 0 Å². The first-order valence-electron chi connectivity index (χ1n) is 8.38. The maximum Gasteiger partial charge on any atom is 0.251 e. The van der Waals surface area contributed by atoms with Gasteiger partial charge in [-0.1, -0.05) is 13.8 Å². The second-order valence-electron chi connectivity index (χ2n) is 6.65. The molecule has 0 atom stereocenters. The Morgan fingerprint density at radius 2 is 1.92 bits per heavy atom. The van der Waals surface area contributed by atoms with Crippen LogP contribution in [0.5, 0.6) is 0 Å². The maximum absolute atomic E-state index is 12.3. The average molecular weight is 354 g/mol. The van der Waals surface area contributed by atoms with Crippen LogP contribution in [0.2, 0.25) is 0 Å². The largest absolute Gasteiger partial charge is 0.352 e. The van der Waals surface area contributed by atoms with Gasteiger partial charge in [0.2, 0.25) is 5.91 Å².